The molecule has 0 bridgehead atoms. The Morgan fingerprint density at radius 1 is 1.45 bits per heavy atom. The molecule has 0 aliphatic carbocycles. The molecule has 68 valence electrons. The summed E-state index contributed by atoms with van der Waals surface area (Å²) >= 11 is 6.26. The number of hydrogen-bond acceptors (Lipinski definition) is 3. The lowest BCUT2D eigenvalue weighted by molar-refractivity contribution is 0.320. The quantitative estimate of drug-likeness (QED) is 0.688. The Balaban J connectivity index is 3.53. The normalized spacial score (nSPS) is 16.3. The first-order valence-corrected chi connectivity index (χ1v) is 8.00. The smallest absolute Gasteiger partial charge is 0.244 e. The van der Waals surface area contributed by atoms with Crippen LogP contribution in [0.25, 0.3) is 0 Å². The molecule has 0 saturated carbocycles. The van der Waals surface area contributed by atoms with E-state index in [9.17, 15) is 4.89 Å². The molecule has 0 aliphatic heterocycles. The lowest BCUT2D eigenvalue weighted by Gasteiger charge is -2.13. The molecule has 0 aromatic carbocycles. The van der Waals surface area contributed by atoms with E-state index in [1.54, 1.807) is 0 Å². The minimum Gasteiger partial charge on any atom is -0.337 e. The summed E-state index contributed by atoms with van der Waals surface area (Å²) in [6.45, 7) is 4.63. The van der Waals surface area contributed by atoms with E-state index in [0.717, 1.165) is 18.6 Å². The second-order valence-corrected chi connectivity index (χ2v) is 8.43. The molecule has 0 aromatic heterocycles. The molecule has 0 aromatic rings. The molecule has 2 nitrogen and oxygen atoms in total. The summed E-state index contributed by atoms with van der Waals surface area (Å²) in [7, 11) is 0. The van der Waals surface area contributed by atoms with Gasteiger partial charge in [-0.15, -0.1) is 0 Å². The summed E-state index contributed by atoms with van der Waals surface area (Å²) in [5.74, 6) is 0.886. The maximum atomic E-state index is 9.44. The molecule has 5 heteroatoms. The lowest BCUT2D eigenvalue weighted by Crippen LogP contribution is -1.88. The molecular weight excluding hydrogens is 199 g/mol. The molecule has 0 heterocycles. The van der Waals surface area contributed by atoms with Crippen molar-refractivity contribution in [2.75, 3.05) is 12.4 Å². The van der Waals surface area contributed by atoms with Crippen LogP contribution in [-0.2, 0) is 16.3 Å². The van der Waals surface area contributed by atoms with E-state index >= 15 is 0 Å². The van der Waals surface area contributed by atoms with Gasteiger partial charge in [0.2, 0.25) is 5.69 Å². The van der Waals surface area contributed by atoms with E-state index in [1.165, 1.54) is 11.4 Å². The van der Waals surface area contributed by atoms with Crippen molar-refractivity contribution >= 4 is 28.9 Å². The Morgan fingerprint density at radius 2 is 2.09 bits per heavy atom. The van der Waals surface area contributed by atoms with Gasteiger partial charge in [0, 0.05) is 5.75 Å². The van der Waals surface area contributed by atoms with E-state index in [0.29, 0.717) is 6.61 Å². The van der Waals surface area contributed by atoms with Gasteiger partial charge < -0.3 is 9.42 Å². The second kappa shape index (κ2) is 6.44. The Morgan fingerprint density at radius 3 is 2.55 bits per heavy atom. The van der Waals surface area contributed by atoms with Crippen LogP contribution in [0.15, 0.2) is 0 Å². The van der Waals surface area contributed by atoms with Gasteiger partial charge in [-0.05, 0) is 24.6 Å². The highest BCUT2D eigenvalue weighted by atomic mass is 32.9. The van der Waals surface area contributed by atoms with Crippen LogP contribution in [-0.4, -0.2) is 17.3 Å². The maximum Gasteiger partial charge on any atom is 0.244 e. The Hall–Kier alpha value is 0.920. The third-order valence-electron chi connectivity index (χ3n) is 0.917. The van der Waals surface area contributed by atoms with Crippen molar-refractivity contribution in [3.05, 3.63) is 0 Å². The zero-order valence-electron chi connectivity index (χ0n) is 6.95. The van der Waals surface area contributed by atoms with Gasteiger partial charge in [0.15, 0.2) is 0 Å². The third kappa shape index (κ3) is 7.29. The van der Waals surface area contributed by atoms with Crippen LogP contribution in [0.4, 0.5) is 0 Å². The van der Waals surface area contributed by atoms with Crippen LogP contribution in [0.2, 0.25) is 0 Å². The van der Waals surface area contributed by atoms with Crippen molar-refractivity contribution in [2.45, 2.75) is 26.7 Å². The van der Waals surface area contributed by atoms with Gasteiger partial charge in [-0.3, -0.25) is 0 Å². The Labute approximate surface area is 77.6 Å². The SMILES string of the molecule is CCCOP(O)(=S)SCCC. The summed E-state index contributed by atoms with van der Waals surface area (Å²) in [5.41, 5.74) is -2.48. The molecule has 0 fully saturated rings. The van der Waals surface area contributed by atoms with Gasteiger partial charge in [0.1, 0.15) is 0 Å². The average Bonchev–Trinajstić information content (AvgIpc) is 1.97. The van der Waals surface area contributed by atoms with Crippen LogP contribution in [0.5, 0.6) is 0 Å². The zero-order chi connectivity index (χ0) is 8.74. The molecule has 0 saturated heterocycles. The highest BCUT2D eigenvalue weighted by Gasteiger charge is 2.12. The van der Waals surface area contributed by atoms with E-state index in [4.69, 9.17) is 16.3 Å². The molecule has 0 radical (unpaired) electrons. The Kier molecular flexibility index (Phi) is 6.98. The average molecular weight is 214 g/mol. The third-order valence-corrected chi connectivity index (χ3v) is 5.45. The van der Waals surface area contributed by atoms with E-state index < -0.39 is 5.69 Å². The van der Waals surface area contributed by atoms with Gasteiger partial charge in [-0.25, -0.2) is 0 Å². The zero-order valence-corrected chi connectivity index (χ0v) is 9.48. The van der Waals surface area contributed by atoms with Gasteiger partial charge in [-0.2, -0.15) is 0 Å². The fourth-order valence-electron chi connectivity index (χ4n) is 0.451. The number of rotatable bonds is 6. The lowest BCUT2D eigenvalue weighted by atomic mass is 10.5. The molecule has 1 N–H and O–H groups in total. The first-order chi connectivity index (χ1) is 5.12. The summed E-state index contributed by atoms with van der Waals surface area (Å²) in [4.78, 5) is 9.44. The van der Waals surface area contributed by atoms with Gasteiger partial charge in [-0.1, -0.05) is 25.2 Å². The maximum absolute atomic E-state index is 9.44. The fourth-order valence-corrected chi connectivity index (χ4v) is 3.93. The molecule has 1 unspecified atom stereocenters. The van der Waals surface area contributed by atoms with Crippen molar-refractivity contribution in [2.24, 2.45) is 0 Å². The predicted molar refractivity (Wildman–Crippen MR) is 55.5 cm³/mol. The summed E-state index contributed by atoms with van der Waals surface area (Å²) in [5, 5.41) is 0. The molecule has 1 atom stereocenters. The summed E-state index contributed by atoms with van der Waals surface area (Å²) in [6, 6.07) is 0. The van der Waals surface area contributed by atoms with Crippen molar-refractivity contribution in [3.8, 4) is 0 Å². The van der Waals surface area contributed by atoms with Crippen molar-refractivity contribution in [1.82, 2.24) is 0 Å². The minimum absolute atomic E-state index is 0.574. The molecule has 0 amide bonds. The largest absolute Gasteiger partial charge is 0.337 e. The predicted octanol–water partition coefficient (Wildman–Crippen LogP) is 2.77. The van der Waals surface area contributed by atoms with E-state index in [-0.39, 0.29) is 0 Å². The molecule has 0 spiro atoms. The summed E-state index contributed by atoms with van der Waals surface area (Å²) < 4.78 is 5.13. The first-order valence-electron chi connectivity index (χ1n) is 3.74. The van der Waals surface area contributed by atoms with Crippen LogP contribution in [0.1, 0.15) is 26.7 Å². The van der Waals surface area contributed by atoms with Gasteiger partial charge in [0.25, 0.3) is 0 Å². The van der Waals surface area contributed by atoms with Gasteiger partial charge in [0.05, 0.1) is 6.61 Å². The topological polar surface area (TPSA) is 29.5 Å². The minimum atomic E-state index is -2.48. The molecule has 0 aliphatic rings. The van der Waals surface area contributed by atoms with E-state index in [2.05, 4.69) is 6.92 Å². The Bertz CT molecular complexity index is 129. The highest BCUT2D eigenvalue weighted by Crippen LogP contribution is 2.56. The van der Waals surface area contributed by atoms with Crippen LogP contribution >= 0.6 is 17.1 Å². The highest BCUT2D eigenvalue weighted by molar-refractivity contribution is 8.67. The van der Waals surface area contributed by atoms with Crippen molar-refractivity contribution in [3.63, 3.8) is 0 Å². The van der Waals surface area contributed by atoms with Gasteiger partial charge >= 0.3 is 0 Å². The van der Waals surface area contributed by atoms with Crippen molar-refractivity contribution < 1.29 is 9.42 Å². The molecule has 11 heavy (non-hydrogen) atoms. The molecular formula is C6H15O2PS2. The second-order valence-electron chi connectivity index (χ2n) is 2.14. The van der Waals surface area contributed by atoms with Crippen molar-refractivity contribution in [1.29, 1.82) is 0 Å². The van der Waals surface area contributed by atoms with Crippen LogP contribution in [0, 0.1) is 0 Å². The van der Waals surface area contributed by atoms with Crippen LogP contribution in [0.3, 0.4) is 0 Å². The van der Waals surface area contributed by atoms with Crippen LogP contribution < -0.4 is 0 Å². The molecule has 0 rings (SSSR count). The standard InChI is InChI=1S/C6H15O2PS2/c1-3-5-8-9(7,10)11-6-4-2/h3-6H2,1-2H3,(H,7,10). The number of hydrogen-bond donors (Lipinski definition) is 1. The summed E-state index contributed by atoms with van der Waals surface area (Å²) in [6.07, 6.45) is 1.94. The van der Waals surface area contributed by atoms with E-state index in [1.807, 2.05) is 6.92 Å². The monoisotopic (exact) mass is 214 g/mol. The fraction of sp³-hybridized carbons (Fsp3) is 1.00. The first kappa shape index (κ1) is 11.9.